The fourth-order valence-corrected chi connectivity index (χ4v) is 5.77. The summed E-state index contributed by atoms with van der Waals surface area (Å²) < 4.78 is 18.9. The third kappa shape index (κ3) is 13.2. The van der Waals surface area contributed by atoms with Crippen LogP contribution in [0.4, 0.5) is 0 Å². The maximum Gasteiger partial charge on any atom is 1.00 e. The fraction of sp³-hybridized carbons (Fsp3) is 0.606. The zero-order chi connectivity index (χ0) is 27.6. The Labute approximate surface area is 252 Å². The molecule has 1 atom stereocenters. The van der Waals surface area contributed by atoms with Gasteiger partial charge in [-0.25, -0.2) is 0 Å². The Hall–Kier alpha value is -1.46. The van der Waals surface area contributed by atoms with Crippen LogP contribution < -0.4 is 38.4 Å². The molecular formula is C33H51LiO4P+. The van der Waals surface area contributed by atoms with Crippen LogP contribution >= 0.6 is 8.58 Å². The summed E-state index contributed by atoms with van der Waals surface area (Å²) in [6.45, 7) is 12.6. The molecule has 0 radical (unpaired) electrons. The number of carbonyl (C=O) groups is 1. The molecule has 0 aliphatic heterocycles. The van der Waals surface area contributed by atoms with Crippen molar-refractivity contribution in [1.29, 1.82) is 0 Å². The molecule has 0 aliphatic rings. The standard InChI is InChI=1S/C33H51O4P.Li/c1-6-9-12-15-21-35-28-24-29(36-22-16-13-10-7-2)32(30(25-28)37-23-17-14-11-8-3)38-33(34)31-26(4)19-18-20-27(31)5;/h18-20,24-25,38H,6-17,21-23H2,1-5H3;/q;+1. The van der Waals surface area contributed by atoms with Crippen LogP contribution in [0, 0.1) is 13.8 Å². The van der Waals surface area contributed by atoms with Gasteiger partial charge in [0.1, 0.15) is 17.2 Å². The molecule has 4 nitrogen and oxygen atoms in total. The number of carbonyl (C=O) groups excluding carboxylic acids is 1. The number of ether oxygens (including phenoxy) is 3. The van der Waals surface area contributed by atoms with Crippen molar-refractivity contribution >= 4 is 19.4 Å². The zero-order valence-corrected chi connectivity index (χ0v) is 26.6. The van der Waals surface area contributed by atoms with E-state index in [1.54, 1.807) is 0 Å². The molecule has 2 rings (SSSR count). The van der Waals surface area contributed by atoms with Crippen molar-refractivity contribution in [3.8, 4) is 17.2 Å². The molecule has 0 aliphatic carbocycles. The van der Waals surface area contributed by atoms with Crippen LogP contribution in [0.2, 0.25) is 0 Å². The first-order valence-electron chi connectivity index (χ1n) is 15.0. The van der Waals surface area contributed by atoms with Gasteiger partial charge in [0.15, 0.2) is 5.52 Å². The number of unbranched alkanes of at least 4 members (excludes halogenated alkanes) is 9. The van der Waals surface area contributed by atoms with Crippen LogP contribution in [-0.4, -0.2) is 25.3 Å². The van der Waals surface area contributed by atoms with Crippen molar-refractivity contribution < 1.29 is 37.9 Å². The molecule has 6 heteroatoms. The van der Waals surface area contributed by atoms with Crippen LogP contribution in [-0.2, 0) is 0 Å². The molecular weight excluding hydrogens is 498 g/mol. The van der Waals surface area contributed by atoms with Crippen molar-refractivity contribution in [1.82, 2.24) is 0 Å². The van der Waals surface area contributed by atoms with Gasteiger partial charge in [-0.1, -0.05) is 96.8 Å². The SMILES string of the molecule is CCCCCCOc1cc(OCCCCCC)c(PC(=O)c2c(C)cccc2C)c(OCCCCCC)c1.[Li+]. The van der Waals surface area contributed by atoms with Gasteiger partial charge in [-0.05, 0) is 52.8 Å². The van der Waals surface area contributed by atoms with Gasteiger partial charge in [-0.2, -0.15) is 0 Å². The molecule has 0 fully saturated rings. The van der Waals surface area contributed by atoms with Gasteiger partial charge < -0.3 is 14.2 Å². The number of aryl methyl sites for hydroxylation is 2. The van der Waals surface area contributed by atoms with Crippen LogP contribution in [0.3, 0.4) is 0 Å². The van der Waals surface area contributed by atoms with Crippen molar-refractivity contribution in [3.05, 3.63) is 47.0 Å². The first-order valence-corrected chi connectivity index (χ1v) is 16.0. The number of benzene rings is 2. The van der Waals surface area contributed by atoms with Gasteiger partial charge in [0, 0.05) is 17.7 Å². The Morgan fingerprint density at radius 3 is 1.54 bits per heavy atom. The Bertz CT molecular complexity index is 907. The molecule has 2 aromatic carbocycles. The van der Waals surface area contributed by atoms with Crippen LogP contribution in [0.25, 0.3) is 0 Å². The molecule has 0 saturated carbocycles. The second kappa shape index (κ2) is 21.3. The Morgan fingerprint density at radius 2 is 1.10 bits per heavy atom. The quantitative estimate of drug-likeness (QED) is 0.104. The average molecular weight is 550 g/mol. The van der Waals surface area contributed by atoms with Crippen molar-refractivity contribution in [2.24, 2.45) is 0 Å². The van der Waals surface area contributed by atoms with E-state index in [0.29, 0.717) is 19.8 Å². The fourth-order valence-electron chi connectivity index (χ4n) is 4.49. The van der Waals surface area contributed by atoms with E-state index in [1.807, 2.05) is 44.2 Å². The summed E-state index contributed by atoms with van der Waals surface area (Å²) in [5.74, 6) is 2.23. The molecule has 212 valence electrons. The summed E-state index contributed by atoms with van der Waals surface area (Å²) in [6, 6.07) is 9.98. The summed E-state index contributed by atoms with van der Waals surface area (Å²) in [7, 11) is -0.0752. The minimum atomic E-state index is -0.0752. The molecule has 0 saturated heterocycles. The van der Waals surface area contributed by atoms with Crippen molar-refractivity contribution in [3.63, 3.8) is 0 Å². The maximum atomic E-state index is 13.6. The molecule has 0 spiro atoms. The van der Waals surface area contributed by atoms with Gasteiger partial charge in [0.25, 0.3) is 0 Å². The van der Waals surface area contributed by atoms with Crippen molar-refractivity contribution in [2.45, 2.75) is 112 Å². The van der Waals surface area contributed by atoms with E-state index in [0.717, 1.165) is 71.3 Å². The average Bonchev–Trinajstić information content (AvgIpc) is 2.89. The first-order chi connectivity index (χ1) is 18.5. The molecule has 39 heavy (non-hydrogen) atoms. The Kier molecular flexibility index (Phi) is 19.4. The predicted molar refractivity (Wildman–Crippen MR) is 164 cm³/mol. The van der Waals surface area contributed by atoms with Gasteiger partial charge in [-0.15, -0.1) is 0 Å². The Balaban J connectivity index is 0.00000760. The number of rotatable bonds is 21. The molecule has 0 N–H and O–H groups in total. The van der Waals surface area contributed by atoms with Gasteiger partial charge >= 0.3 is 18.9 Å². The molecule has 0 amide bonds. The summed E-state index contributed by atoms with van der Waals surface area (Å²) in [5.41, 5.74) is 2.96. The largest absolute Gasteiger partial charge is 1.00 e. The Morgan fingerprint density at radius 1 is 0.667 bits per heavy atom. The summed E-state index contributed by atoms with van der Waals surface area (Å²) in [4.78, 5) is 13.6. The second-order valence-electron chi connectivity index (χ2n) is 10.2. The maximum absolute atomic E-state index is 13.6. The minimum absolute atomic E-state index is 0. The van der Waals surface area contributed by atoms with E-state index >= 15 is 0 Å². The minimum Gasteiger partial charge on any atom is -0.493 e. The predicted octanol–water partition coefficient (Wildman–Crippen LogP) is 6.33. The van der Waals surface area contributed by atoms with E-state index < -0.39 is 0 Å². The number of hydrogen-bond donors (Lipinski definition) is 0. The zero-order valence-electron chi connectivity index (χ0n) is 25.6. The first kappa shape index (κ1) is 35.6. The van der Waals surface area contributed by atoms with E-state index in [4.69, 9.17) is 14.2 Å². The third-order valence-corrected chi connectivity index (χ3v) is 7.98. The van der Waals surface area contributed by atoms with Gasteiger partial charge in [0.2, 0.25) is 0 Å². The van der Waals surface area contributed by atoms with E-state index in [9.17, 15) is 4.79 Å². The van der Waals surface area contributed by atoms with Crippen LogP contribution in [0.5, 0.6) is 17.2 Å². The topological polar surface area (TPSA) is 44.8 Å². The smallest absolute Gasteiger partial charge is 0.493 e. The van der Waals surface area contributed by atoms with Crippen LogP contribution in [0.15, 0.2) is 30.3 Å². The van der Waals surface area contributed by atoms with Crippen molar-refractivity contribution in [2.75, 3.05) is 19.8 Å². The van der Waals surface area contributed by atoms with E-state index in [-0.39, 0.29) is 33.0 Å². The molecule has 1 unspecified atom stereocenters. The van der Waals surface area contributed by atoms with Gasteiger partial charge in [0.05, 0.1) is 25.1 Å². The molecule has 0 bridgehead atoms. The summed E-state index contributed by atoms with van der Waals surface area (Å²) >= 11 is 0. The molecule has 2 aromatic rings. The molecule has 0 heterocycles. The monoisotopic (exact) mass is 549 g/mol. The van der Waals surface area contributed by atoms with Gasteiger partial charge in [-0.3, -0.25) is 4.79 Å². The van der Waals surface area contributed by atoms with E-state index in [2.05, 4.69) is 20.8 Å². The normalized spacial score (nSPS) is 11.0. The second-order valence-corrected chi connectivity index (χ2v) is 11.4. The third-order valence-electron chi connectivity index (χ3n) is 6.76. The molecule has 0 aromatic heterocycles. The number of hydrogen-bond acceptors (Lipinski definition) is 4. The van der Waals surface area contributed by atoms with E-state index in [1.165, 1.54) is 44.9 Å². The summed E-state index contributed by atoms with van der Waals surface area (Å²) in [6.07, 6.45) is 13.7. The van der Waals surface area contributed by atoms with Crippen LogP contribution in [0.1, 0.15) is 119 Å². The summed E-state index contributed by atoms with van der Waals surface area (Å²) in [5, 5.41) is 0.863.